The normalized spacial score (nSPS) is 12.3. The summed E-state index contributed by atoms with van der Waals surface area (Å²) >= 11 is 0. The average Bonchev–Trinajstić information content (AvgIpc) is 3.28. The Morgan fingerprint density at radius 3 is 2.38 bits per heavy atom. The molecule has 39 heavy (non-hydrogen) atoms. The van der Waals surface area contributed by atoms with Crippen LogP contribution in [0.1, 0.15) is 33.4 Å². The highest BCUT2D eigenvalue weighted by molar-refractivity contribution is 5.95. The van der Waals surface area contributed by atoms with Crippen LogP contribution in [0.25, 0.3) is 10.9 Å². The first-order chi connectivity index (χ1) is 18.9. The van der Waals surface area contributed by atoms with E-state index in [-0.39, 0.29) is 43.3 Å². The van der Waals surface area contributed by atoms with Gasteiger partial charge in [-0.15, -0.1) is 0 Å². The number of ether oxygens (including phenoxy) is 6. The fraction of sp³-hybridized carbons (Fsp3) is 0.481. The van der Waals surface area contributed by atoms with Crippen molar-refractivity contribution in [1.29, 1.82) is 0 Å². The maximum atomic E-state index is 14.6. The van der Waals surface area contributed by atoms with E-state index in [1.807, 2.05) is 0 Å². The predicted molar refractivity (Wildman–Crippen MR) is 137 cm³/mol. The number of fused-ring (bicyclic) bond motifs is 1. The lowest BCUT2D eigenvalue weighted by Gasteiger charge is -2.18. The number of pyridine rings is 1. The largest absolute Gasteiger partial charge is 0.464 e. The summed E-state index contributed by atoms with van der Waals surface area (Å²) in [6, 6.07) is 4.91. The van der Waals surface area contributed by atoms with E-state index in [9.17, 15) is 18.7 Å². The first-order valence-corrected chi connectivity index (χ1v) is 12.3. The van der Waals surface area contributed by atoms with Crippen molar-refractivity contribution < 1.29 is 47.1 Å². The Bertz CT molecular complexity index is 1220. The van der Waals surface area contributed by atoms with E-state index < -0.39 is 30.3 Å². The van der Waals surface area contributed by atoms with E-state index in [0.717, 1.165) is 6.07 Å². The number of nitrogens with zero attached hydrogens (tertiary/aromatic N) is 2. The Labute approximate surface area is 225 Å². The molecule has 12 heteroatoms. The first kappa shape index (κ1) is 30.5. The molecule has 3 rings (SSSR count). The van der Waals surface area contributed by atoms with Gasteiger partial charge in [-0.05, 0) is 12.1 Å². The smallest absolute Gasteiger partial charge is 0.356 e. The number of aromatic nitrogens is 2. The molecular formula is C27H34F2N2O8. The Hall–Kier alpha value is -3.00. The van der Waals surface area contributed by atoms with Crippen LogP contribution in [0, 0.1) is 11.6 Å². The van der Waals surface area contributed by atoms with Gasteiger partial charge in [0.05, 0.1) is 77.7 Å². The zero-order valence-electron chi connectivity index (χ0n) is 22.3. The second-order valence-corrected chi connectivity index (χ2v) is 8.49. The number of aliphatic hydroxyl groups is 1. The molecule has 0 aliphatic carbocycles. The minimum atomic E-state index is -0.929. The van der Waals surface area contributed by atoms with Gasteiger partial charge in [0.15, 0.2) is 0 Å². The molecule has 0 spiro atoms. The standard InChI is InChI=1S/C27H34F2N2O8/c1-34-6-8-37-9-10-38-17-19-15-31(14-18-4-5-20(28)12-22(18)29)26-21(19)13-23(27(33)36-3)30-25(26)24(16-32)39-11-7-35-2/h4-5,12-13,15,24,32H,6-11,14,16-17H2,1-3H3. The fourth-order valence-electron chi connectivity index (χ4n) is 3.97. The highest BCUT2D eigenvalue weighted by Crippen LogP contribution is 2.31. The van der Waals surface area contributed by atoms with Crippen molar-refractivity contribution in [1.82, 2.24) is 9.55 Å². The molecule has 0 fully saturated rings. The highest BCUT2D eigenvalue weighted by Gasteiger charge is 2.25. The Balaban J connectivity index is 2.06. The monoisotopic (exact) mass is 552 g/mol. The Kier molecular flexibility index (Phi) is 12.2. The van der Waals surface area contributed by atoms with Crippen molar-refractivity contribution in [3.63, 3.8) is 0 Å². The van der Waals surface area contributed by atoms with Crippen LogP contribution >= 0.6 is 0 Å². The van der Waals surface area contributed by atoms with Crippen molar-refractivity contribution in [3.05, 3.63) is 64.6 Å². The average molecular weight is 553 g/mol. The summed E-state index contributed by atoms with van der Waals surface area (Å²) in [5.74, 6) is -2.08. The molecule has 0 bridgehead atoms. The maximum Gasteiger partial charge on any atom is 0.356 e. The molecule has 3 aromatic rings. The van der Waals surface area contributed by atoms with Crippen LogP contribution in [0.4, 0.5) is 8.78 Å². The first-order valence-electron chi connectivity index (χ1n) is 12.3. The van der Waals surface area contributed by atoms with Crippen LogP contribution < -0.4 is 0 Å². The summed E-state index contributed by atoms with van der Waals surface area (Å²) in [5.41, 5.74) is 1.66. The summed E-state index contributed by atoms with van der Waals surface area (Å²) < 4.78 is 61.8. The molecule has 0 radical (unpaired) electrons. The van der Waals surface area contributed by atoms with Crippen LogP contribution in [0.2, 0.25) is 0 Å². The number of rotatable bonds is 17. The zero-order valence-corrected chi connectivity index (χ0v) is 22.3. The van der Waals surface area contributed by atoms with Crippen LogP contribution in [-0.2, 0) is 41.6 Å². The van der Waals surface area contributed by atoms with Gasteiger partial charge in [0.1, 0.15) is 23.4 Å². The maximum absolute atomic E-state index is 14.6. The lowest BCUT2D eigenvalue weighted by Crippen LogP contribution is -2.17. The van der Waals surface area contributed by atoms with Gasteiger partial charge in [-0.3, -0.25) is 0 Å². The third kappa shape index (κ3) is 8.24. The molecule has 1 unspecified atom stereocenters. The van der Waals surface area contributed by atoms with Crippen molar-refractivity contribution in [3.8, 4) is 0 Å². The summed E-state index contributed by atoms with van der Waals surface area (Å²) in [4.78, 5) is 17.0. The van der Waals surface area contributed by atoms with E-state index in [1.54, 1.807) is 23.9 Å². The van der Waals surface area contributed by atoms with Gasteiger partial charge in [-0.2, -0.15) is 0 Å². The van der Waals surface area contributed by atoms with Gasteiger partial charge < -0.3 is 38.1 Å². The van der Waals surface area contributed by atoms with E-state index >= 15 is 0 Å². The number of methoxy groups -OCH3 is 3. The minimum Gasteiger partial charge on any atom is -0.464 e. The number of hydrogen-bond donors (Lipinski definition) is 1. The van der Waals surface area contributed by atoms with Gasteiger partial charge in [-0.25, -0.2) is 18.6 Å². The third-order valence-corrected chi connectivity index (χ3v) is 5.85. The summed E-state index contributed by atoms with van der Waals surface area (Å²) in [7, 11) is 4.34. The van der Waals surface area contributed by atoms with Crippen molar-refractivity contribution in [2.75, 3.05) is 67.6 Å². The van der Waals surface area contributed by atoms with Gasteiger partial charge in [0.2, 0.25) is 0 Å². The van der Waals surface area contributed by atoms with Crippen LogP contribution in [-0.4, -0.2) is 88.2 Å². The second kappa shape index (κ2) is 15.6. The molecule has 1 atom stereocenters. The van der Waals surface area contributed by atoms with Crippen LogP contribution in [0.5, 0.6) is 0 Å². The molecule has 0 aliphatic rings. The molecule has 0 aliphatic heterocycles. The summed E-state index contributed by atoms with van der Waals surface area (Å²) in [6.45, 7) is 1.68. The van der Waals surface area contributed by atoms with Crippen LogP contribution in [0.15, 0.2) is 30.5 Å². The molecule has 0 saturated heterocycles. The number of aliphatic hydroxyl groups excluding tert-OH is 1. The van der Waals surface area contributed by atoms with Gasteiger partial charge in [0.25, 0.3) is 0 Å². The topological polar surface area (TPSA) is 111 Å². The molecule has 0 saturated carbocycles. The molecule has 1 aromatic carbocycles. The van der Waals surface area contributed by atoms with Crippen molar-refractivity contribution >= 4 is 16.9 Å². The Morgan fingerprint density at radius 1 is 0.974 bits per heavy atom. The zero-order chi connectivity index (χ0) is 28.2. The molecule has 2 heterocycles. The van der Waals surface area contributed by atoms with Gasteiger partial charge >= 0.3 is 5.97 Å². The number of esters is 1. The molecule has 10 nitrogen and oxygen atoms in total. The quantitative estimate of drug-likeness (QED) is 0.200. The van der Waals surface area contributed by atoms with E-state index in [1.165, 1.54) is 26.4 Å². The van der Waals surface area contributed by atoms with Crippen molar-refractivity contribution in [2.45, 2.75) is 19.3 Å². The SMILES string of the molecule is COCCOCCOCc1cn(Cc2ccc(F)cc2F)c2c(C(CO)OCCOC)nc(C(=O)OC)cc12. The van der Waals surface area contributed by atoms with Gasteiger partial charge in [-0.1, -0.05) is 6.07 Å². The lowest BCUT2D eigenvalue weighted by atomic mass is 10.1. The predicted octanol–water partition coefficient (Wildman–Crippen LogP) is 3.03. The highest BCUT2D eigenvalue weighted by atomic mass is 19.1. The minimum absolute atomic E-state index is 0.00338. The number of carbonyl (C=O) groups is 1. The van der Waals surface area contributed by atoms with Crippen molar-refractivity contribution in [2.24, 2.45) is 0 Å². The third-order valence-electron chi connectivity index (χ3n) is 5.85. The number of hydrogen-bond acceptors (Lipinski definition) is 9. The number of benzene rings is 1. The molecule has 1 N–H and O–H groups in total. The lowest BCUT2D eigenvalue weighted by molar-refractivity contribution is -0.0138. The van der Waals surface area contributed by atoms with E-state index in [0.29, 0.717) is 42.9 Å². The number of halogens is 2. The number of carbonyl (C=O) groups excluding carboxylic acids is 1. The van der Waals surface area contributed by atoms with Gasteiger partial charge in [0, 0.05) is 43.0 Å². The molecule has 2 aromatic heterocycles. The summed E-state index contributed by atoms with van der Waals surface area (Å²) in [6.07, 6.45) is 0.816. The summed E-state index contributed by atoms with van der Waals surface area (Å²) in [5, 5.41) is 10.7. The molecular weight excluding hydrogens is 518 g/mol. The fourth-order valence-corrected chi connectivity index (χ4v) is 3.97. The van der Waals surface area contributed by atoms with Crippen LogP contribution in [0.3, 0.4) is 0 Å². The molecule has 0 amide bonds. The van der Waals surface area contributed by atoms with E-state index in [2.05, 4.69) is 4.98 Å². The molecule has 214 valence electrons. The second-order valence-electron chi connectivity index (χ2n) is 8.49. The Morgan fingerprint density at radius 2 is 1.69 bits per heavy atom. The van der Waals surface area contributed by atoms with E-state index in [4.69, 9.17) is 28.4 Å².